The van der Waals surface area contributed by atoms with Gasteiger partial charge >= 0.3 is 6.09 Å². The molecule has 1 fully saturated rings. The first-order valence-corrected chi connectivity index (χ1v) is 9.26. The third kappa shape index (κ3) is 5.50. The van der Waals surface area contributed by atoms with E-state index in [1.165, 1.54) is 6.20 Å². The van der Waals surface area contributed by atoms with Crippen LogP contribution in [0.3, 0.4) is 0 Å². The van der Waals surface area contributed by atoms with Crippen LogP contribution in [-0.2, 0) is 11.2 Å². The Labute approximate surface area is 169 Å². The maximum absolute atomic E-state index is 12.0. The standard InChI is InChI=1S/C22H20N4O3/c23-11-10-17-14-19(28-18-6-2-1-3-7-18)8-9-21(17)25-16-20(15-24)29-22(27)26-12-4-5-13-26/h1-3,6-9,14,16,25H,4-5,10,12-13H2/b20-16-. The maximum atomic E-state index is 12.0. The molecular formula is C22H20N4O3. The Bertz CT molecular complexity index is 968. The average Bonchev–Trinajstić information content (AvgIpc) is 3.28. The van der Waals surface area contributed by atoms with Crippen molar-refractivity contribution in [1.82, 2.24) is 4.90 Å². The second-order valence-corrected chi connectivity index (χ2v) is 6.40. The second-order valence-electron chi connectivity index (χ2n) is 6.40. The van der Waals surface area contributed by atoms with Crippen LogP contribution in [0.25, 0.3) is 0 Å². The van der Waals surface area contributed by atoms with Crippen molar-refractivity contribution in [1.29, 1.82) is 10.5 Å². The zero-order valence-corrected chi connectivity index (χ0v) is 15.8. The molecule has 7 nitrogen and oxygen atoms in total. The molecule has 0 saturated carbocycles. The number of hydrogen-bond acceptors (Lipinski definition) is 6. The molecule has 2 aromatic rings. The van der Waals surface area contributed by atoms with Crippen molar-refractivity contribution in [3.05, 3.63) is 66.1 Å². The highest BCUT2D eigenvalue weighted by atomic mass is 16.6. The van der Waals surface area contributed by atoms with Crippen molar-refractivity contribution >= 4 is 11.8 Å². The second kappa shape index (κ2) is 9.82. The van der Waals surface area contributed by atoms with Gasteiger partial charge in [-0.15, -0.1) is 0 Å². The molecule has 0 bridgehead atoms. The van der Waals surface area contributed by atoms with Gasteiger partial charge in [-0.25, -0.2) is 4.79 Å². The van der Waals surface area contributed by atoms with Crippen LogP contribution in [0.1, 0.15) is 18.4 Å². The number of nitrogens with one attached hydrogen (secondary N) is 1. The lowest BCUT2D eigenvalue weighted by molar-refractivity contribution is 0.141. The molecule has 0 spiro atoms. The van der Waals surface area contributed by atoms with Gasteiger partial charge in [0.05, 0.1) is 18.7 Å². The van der Waals surface area contributed by atoms with Gasteiger partial charge in [0.25, 0.3) is 0 Å². The number of nitriles is 2. The highest BCUT2D eigenvalue weighted by Gasteiger charge is 2.20. The van der Waals surface area contributed by atoms with E-state index in [4.69, 9.17) is 14.7 Å². The van der Waals surface area contributed by atoms with E-state index < -0.39 is 6.09 Å². The molecule has 1 N–H and O–H groups in total. The summed E-state index contributed by atoms with van der Waals surface area (Å²) in [4.78, 5) is 13.6. The van der Waals surface area contributed by atoms with E-state index in [1.807, 2.05) is 36.4 Å². The Hall–Kier alpha value is -3.97. The Morgan fingerprint density at radius 3 is 2.55 bits per heavy atom. The topological polar surface area (TPSA) is 98.4 Å². The molecule has 0 aromatic heterocycles. The number of nitrogens with zero attached hydrogens (tertiary/aromatic N) is 3. The van der Waals surface area contributed by atoms with Gasteiger partial charge < -0.3 is 19.7 Å². The summed E-state index contributed by atoms with van der Waals surface area (Å²) in [6.45, 7) is 1.28. The van der Waals surface area contributed by atoms with Crippen molar-refractivity contribution in [2.45, 2.75) is 19.3 Å². The molecule has 1 saturated heterocycles. The number of benzene rings is 2. The van der Waals surface area contributed by atoms with Crippen LogP contribution in [0.2, 0.25) is 0 Å². The summed E-state index contributed by atoms with van der Waals surface area (Å²) >= 11 is 0. The summed E-state index contributed by atoms with van der Waals surface area (Å²) in [5.41, 5.74) is 1.32. The van der Waals surface area contributed by atoms with Gasteiger partial charge in [-0.1, -0.05) is 18.2 Å². The van der Waals surface area contributed by atoms with Crippen LogP contribution in [-0.4, -0.2) is 24.1 Å². The van der Waals surface area contributed by atoms with Crippen molar-refractivity contribution in [3.63, 3.8) is 0 Å². The Balaban J connectivity index is 1.71. The van der Waals surface area contributed by atoms with Crippen LogP contribution in [0.5, 0.6) is 11.5 Å². The number of rotatable bonds is 6. The largest absolute Gasteiger partial charge is 0.457 e. The van der Waals surface area contributed by atoms with Gasteiger partial charge in [-0.2, -0.15) is 10.5 Å². The number of hydrogen-bond donors (Lipinski definition) is 1. The molecule has 0 unspecified atom stereocenters. The minimum absolute atomic E-state index is 0.144. The fourth-order valence-electron chi connectivity index (χ4n) is 2.92. The van der Waals surface area contributed by atoms with E-state index in [0.717, 1.165) is 12.8 Å². The van der Waals surface area contributed by atoms with Crippen LogP contribution >= 0.6 is 0 Å². The number of ether oxygens (including phenoxy) is 2. The molecule has 1 heterocycles. The lowest BCUT2D eigenvalue weighted by Crippen LogP contribution is -2.28. The number of anilines is 1. The predicted octanol–water partition coefficient (Wildman–Crippen LogP) is 4.55. The molecule has 0 atom stereocenters. The van der Waals surface area contributed by atoms with Gasteiger partial charge in [-0.05, 0) is 48.7 Å². The number of carbonyl (C=O) groups is 1. The van der Waals surface area contributed by atoms with Gasteiger partial charge in [0.1, 0.15) is 17.6 Å². The number of allylic oxidation sites excluding steroid dienone is 1. The molecular weight excluding hydrogens is 368 g/mol. The van der Waals surface area contributed by atoms with E-state index in [2.05, 4.69) is 11.4 Å². The molecule has 1 aliphatic rings. The monoisotopic (exact) mass is 388 g/mol. The Kier molecular flexibility index (Phi) is 6.70. The SMILES string of the molecule is N#CCc1cc(Oc2ccccc2)ccc1N/C=C(/C#N)OC(=O)N1CCCC1. The van der Waals surface area contributed by atoms with E-state index in [1.54, 1.807) is 23.1 Å². The van der Waals surface area contributed by atoms with E-state index in [9.17, 15) is 10.1 Å². The molecule has 1 amide bonds. The fourth-order valence-corrected chi connectivity index (χ4v) is 2.92. The first-order chi connectivity index (χ1) is 14.2. The zero-order chi connectivity index (χ0) is 20.5. The minimum atomic E-state index is -0.527. The minimum Gasteiger partial charge on any atom is -0.457 e. The van der Waals surface area contributed by atoms with Crippen LogP contribution < -0.4 is 10.1 Å². The Morgan fingerprint density at radius 1 is 1.10 bits per heavy atom. The quantitative estimate of drug-likeness (QED) is 0.576. The fraction of sp³-hybridized carbons (Fsp3) is 0.227. The van der Waals surface area contributed by atoms with Gasteiger partial charge in [0.2, 0.25) is 5.76 Å². The van der Waals surface area contributed by atoms with Crippen molar-refractivity contribution in [3.8, 4) is 23.6 Å². The molecule has 3 rings (SSSR count). The Morgan fingerprint density at radius 2 is 1.86 bits per heavy atom. The average molecular weight is 388 g/mol. The maximum Gasteiger partial charge on any atom is 0.415 e. The van der Waals surface area contributed by atoms with Crippen LogP contribution in [0.15, 0.2) is 60.5 Å². The highest BCUT2D eigenvalue weighted by molar-refractivity contribution is 5.70. The molecule has 29 heavy (non-hydrogen) atoms. The smallest absolute Gasteiger partial charge is 0.415 e. The highest BCUT2D eigenvalue weighted by Crippen LogP contribution is 2.27. The van der Waals surface area contributed by atoms with E-state index in [-0.39, 0.29) is 12.2 Å². The van der Waals surface area contributed by atoms with E-state index >= 15 is 0 Å². The number of carbonyl (C=O) groups excluding carboxylic acids is 1. The van der Waals surface area contributed by atoms with Crippen molar-refractivity contribution in [2.24, 2.45) is 0 Å². The molecule has 2 aromatic carbocycles. The molecule has 0 radical (unpaired) electrons. The van der Waals surface area contributed by atoms with Crippen LogP contribution in [0, 0.1) is 22.7 Å². The number of likely N-dealkylation sites (tertiary alicyclic amines) is 1. The number of amides is 1. The summed E-state index contributed by atoms with van der Waals surface area (Å²) < 4.78 is 10.9. The van der Waals surface area contributed by atoms with Gasteiger partial charge in [0, 0.05) is 18.8 Å². The molecule has 146 valence electrons. The zero-order valence-electron chi connectivity index (χ0n) is 15.8. The van der Waals surface area contributed by atoms with Crippen LogP contribution in [0.4, 0.5) is 10.5 Å². The predicted molar refractivity (Wildman–Crippen MR) is 107 cm³/mol. The summed E-state index contributed by atoms with van der Waals surface area (Å²) in [6, 6.07) is 18.6. The molecule has 7 heteroatoms. The lowest BCUT2D eigenvalue weighted by atomic mass is 10.1. The van der Waals surface area contributed by atoms with Gasteiger partial charge in [0.15, 0.2) is 0 Å². The summed E-state index contributed by atoms with van der Waals surface area (Å²) in [5.74, 6) is 1.14. The first-order valence-electron chi connectivity index (χ1n) is 9.26. The number of para-hydroxylation sites is 1. The van der Waals surface area contributed by atoms with Crippen molar-refractivity contribution in [2.75, 3.05) is 18.4 Å². The summed E-state index contributed by atoms with van der Waals surface area (Å²) in [5, 5.41) is 21.3. The molecule has 0 aliphatic carbocycles. The van der Waals surface area contributed by atoms with Crippen molar-refractivity contribution < 1.29 is 14.3 Å². The third-order valence-corrected chi connectivity index (χ3v) is 4.36. The van der Waals surface area contributed by atoms with Gasteiger partial charge in [-0.3, -0.25) is 0 Å². The normalized spacial score (nSPS) is 13.3. The summed E-state index contributed by atoms with van der Waals surface area (Å²) in [6.07, 6.45) is 2.82. The lowest BCUT2D eigenvalue weighted by Gasteiger charge is -2.14. The molecule has 1 aliphatic heterocycles. The first kappa shape index (κ1) is 19.8. The van der Waals surface area contributed by atoms with E-state index in [0.29, 0.717) is 35.8 Å². The third-order valence-electron chi connectivity index (χ3n) is 4.36. The summed E-state index contributed by atoms with van der Waals surface area (Å²) in [7, 11) is 0.